The standard InChI is InChI=1S/C28H42NO2P/c1-11-28(9,32-24-15-13-12-14-21(24)18-29-27(6,7)8)23-17-20(2)16-22(26(3,4)5)25(23)31-19-30-10/h12-18,32H,11,19H2,1-10H3. The Labute approximate surface area is 197 Å². The summed E-state index contributed by atoms with van der Waals surface area (Å²) < 4.78 is 11.6. The highest BCUT2D eigenvalue weighted by atomic mass is 31.1. The van der Waals surface area contributed by atoms with Crippen molar-refractivity contribution < 1.29 is 9.47 Å². The summed E-state index contributed by atoms with van der Waals surface area (Å²) in [4.78, 5) is 4.77. The lowest BCUT2D eigenvalue weighted by Gasteiger charge is -2.35. The first-order chi connectivity index (χ1) is 14.8. The quantitative estimate of drug-likeness (QED) is 0.241. The topological polar surface area (TPSA) is 30.8 Å². The molecule has 2 atom stereocenters. The van der Waals surface area contributed by atoms with Gasteiger partial charge in [0.1, 0.15) is 5.75 Å². The Morgan fingerprint density at radius 2 is 1.59 bits per heavy atom. The first kappa shape index (κ1) is 26.6. The molecule has 4 heteroatoms. The summed E-state index contributed by atoms with van der Waals surface area (Å²) in [5, 5.41) is 1.27. The van der Waals surface area contributed by atoms with Crippen LogP contribution in [-0.4, -0.2) is 25.7 Å². The number of nitrogens with zero attached hydrogens (tertiary/aromatic N) is 1. The molecule has 2 unspecified atom stereocenters. The predicted octanol–water partition coefficient (Wildman–Crippen LogP) is 7.12. The van der Waals surface area contributed by atoms with Crippen molar-refractivity contribution in [2.24, 2.45) is 4.99 Å². The number of rotatable bonds is 8. The Kier molecular flexibility index (Phi) is 8.70. The first-order valence-electron chi connectivity index (χ1n) is 11.5. The fourth-order valence-corrected chi connectivity index (χ4v) is 5.21. The SMILES string of the molecule is CCC(C)(Pc1ccccc1C=NC(C)(C)C)c1cc(C)cc(C(C)(C)C)c1OCOC. The molecule has 0 amide bonds. The Balaban J connectivity index is 2.63. The van der Waals surface area contributed by atoms with Gasteiger partial charge in [-0.25, -0.2) is 0 Å². The van der Waals surface area contributed by atoms with Crippen LogP contribution in [0.4, 0.5) is 0 Å². The lowest BCUT2D eigenvalue weighted by Crippen LogP contribution is -2.24. The molecule has 0 fully saturated rings. The second-order valence-electron chi connectivity index (χ2n) is 10.8. The summed E-state index contributed by atoms with van der Waals surface area (Å²) >= 11 is 0. The van der Waals surface area contributed by atoms with Crippen molar-refractivity contribution in [2.45, 2.75) is 84.8 Å². The van der Waals surface area contributed by atoms with E-state index >= 15 is 0 Å². The molecule has 0 bridgehead atoms. The Morgan fingerprint density at radius 3 is 2.16 bits per heavy atom. The maximum absolute atomic E-state index is 6.26. The molecule has 0 aromatic heterocycles. The highest BCUT2D eigenvalue weighted by Gasteiger charge is 2.33. The van der Waals surface area contributed by atoms with Crippen molar-refractivity contribution in [1.29, 1.82) is 0 Å². The van der Waals surface area contributed by atoms with Gasteiger partial charge in [-0.2, -0.15) is 0 Å². The van der Waals surface area contributed by atoms with Crippen molar-refractivity contribution in [1.82, 2.24) is 0 Å². The molecule has 0 saturated carbocycles. The van der Waals surface area contributed by atoms with E-state index in [9.17, 15) is 0 Å². The van der Waals surface area contributed by atoms with E-state index in [1.54, 1.807) is 7.11 Å². The van der Waals surface area contributed by atoms with E-state index in [-0.39, 0.29) is 22.9 Å². The average Bonchev–Trinajstić information content (AvgIpc) is 2.70. The van der Waals surface area contributed by atoms with Gasteiger partial charge in [0.2, 0.25) is 0 Å². The largest absolute Gasteiger partial charge is 0.467 e. The van der Waals surface area contributed by atoms with Crippen molar-refractivity contribution >= 4 is 20.1 Å². The van der Waals surface area contributed by atoms with E-state index in [2.05, 4.69) is 98.7 Å². The van der Waals surface area contributed by atoms with Crippen LogP contribution >= 0.6 is 8.58 Å². The minimum Gasteiger partial charge on any atom is -0.467 e. The van der Waals surface area contributed by atoms with Crippen molar-refractivity contribution in [2.75, 3.05) is 13.9 Å². The van der Waals surface area contributed by atoms with Gasteiger partial charge in [-0.1, -0.05) is 85.2 Å². The van der Waals surface area contributed by atoms with Crippen molar-refractivity contribution in [3.63, 3.8) is 0 Å². The summed E-state index contributed by atoms with van der Waals surface area (Å²) in [6.45, 7) is 20.2. The normalized spacial score (nSPS) is 14.9. The van der Waals surface area contributed by atoms with Crippen LogP contribution < -0.4 is 10.0 Å². The summed E-state index contributed by atoms with van der Waals surface area (Å²) in [6.07, 6.45) is 3.05. The van der Waals surface area contributed by atoms with Crippen LogP contribution in [0.5, 0.6) is 5.75 Å². The van der Waals surface area contributed by atoms with Crippen LogP contribution in [-0.2, 0) is 15.3 Å². The second kappa shape index (κ2) is 10.5. The van der Waals surface area contributed by atoms with E-state index in [0.29, 0.717) is 8.58 Å². The third-order valence-corrected chi connectivity index (χ3v) is 7.53. The van der Waals surface area contributed by atoms with Gasteiger partial charge in [0, 0.05) is 29.6 Å². The molecule has 176 valence electrons. The Bertz CT molecular complexity index is 937. The molecule has 0 saturated heterocycles. The van der Waals surface area contributed by atoms with Crippen LogP contribution in [0.2, 0.25) is 0 Å². The number of aryl methyl sites for hydroxylation is 1. The Morgan fingerprint density at radius 1 is 0.969 bits per heavy atom. The number of methoxy groups -OCH3 is 1. The Hall–Kier alpha value is -1.70. The third-order valence-electron chi connectivity index (χ3n) is 5.63. The molecule has 3 nitrogen and oxygen atoms in total. The van der Waals surface area contributed by atoms with E-state index in [1.807, 2.05) is 6.21 Å². The molecule has 2 aromatic carbocycles. The summed E-state index contributed by atoms with van der Waals surface area (Å²) in [7, 11) is 2.26. The van der Waals surface area contributed by atoms with E-state index in [1.165, 1.54) is 27.6 Å². The van der Waals surface area contributed by atoms with Crippen LogP contribution in [0.25, 0.3) is 0 Å². The molecule has 0 spiro atoms. The summed E-state index contributed by atoms with van der Waals surface area (Å²) in [5.74, 6) is 0.975. The van der Waals surface area contributed by atoms with Crippen molar-refractivity contribution in [3.8, 4) is 5.75 Å². The van der Waals surface area contributed by atoms with Gasteiger partial charge in [-0.05, 0) is 50.4 Å². The van der Waals surface area contributed by atoms with Crippen LogP contribution in [0.15, 0.2) is 41.4 Å². The molecular weight excluding hydrogens is 413 g/mol. The molecule has 0 radical (unpaired) electrons. The first-order valence-corrected chi connectivity index (χ1v) is 12.5. The zero-order valence-electron chi connectivity index (χ0n) is 21.7. The lowest BCUT2D eigenvalue weighted by molar-refractivity contribution is 0.0487. The van der Waals surface area contributed by atoms with Gasteiger partial charge in [-0.3, -0.25) is 4.99 Å². The van der Waals surface area contributed by atoms with Gasteiger partial charge < -0.3 is 9.47 Å². The van der Waals surface area contributed by atoms with Gasteiger partial charge in [0.15, 0.2) is 6.79 Å². The molecule has 0 aliphatic rings. The summed E-state index contributed by atoms with van der Waals surface area (Å²) in [6, 6.07) is 13.2. The second-order valence-corrected chi connectivity index (χ2v) is 12.7. The van der Waals surface area contributed by atoms with E-state index < -0.39 is 0 Å². The highest BCUT2D eigenvalue weighted by Crippen LogP contribution is 2.50. The van der Waals surface area contributed by atoms with Gasteiger partial charge in [0.25, 0.3) is 0 Å². The lowest BCUT2D eigenvalue weighted by atomic mass is 9.81. The molecule has 0 N–H and O–H groups in total. The summed E-state index contributed by atoms with van der Waals surface area (Å²) in [5.41, 5.74) is 4.84. The van der Waals surface area contributed by atoms with Crippen LogP contribution in [0.3, 0.4) is 0 Å². The molecule has 32 heavy (non-hydrogen) atoms. The zero-order valence-corrected chi connectivity index (χ0v) is 22.7. The molecular formula is C28H42NO2P. The fraction of sp³-hybridized carbons (Fsp3) is 0.536. The van der Waals surface area contributed by atoms with Crippen LogP contribution in [0, 0.1) is 6.92 Å². The smallest absolute Gasteiger partial charge is 0.188 e. The molecule has 0 aliphatic carbocycles. The van der Waals surface area contributed by atoms with Gasteiger partial charge in [-0.15, -0.1) is 0 Å². The number of aliphatic imine (C=N–C) groups is 1. The maximum Gasteiger partial charge on any atom is 0.188 e. The molecule has 0 heterocycles. The van der Waals surface area contributed by atoms with Crippen LogP contribution in [0.1, 0.15) is 84.1 Å². The molecule has 0 aliphatic heterocycles. The minimum absolute atomic E-state index is 0.0289. The third kappa shape index (κ3) is 6.90. The highest BCUT2D eigenvalue weighted by molar-refractivity contribution is 7.48. The van der Waals surface area contributed by atoms with Crippen molar-refractivity contribution in [3.05, 3.63) is 58.7 Å². The fourth-order valence-electron chi connectivity index (χ4n) is 3.64. The number of hydrogen-bond acceptors (Lipinski definition) is 3. The average molecular weight is 456 g/mol. The number of ether oxygens (including phenoxy) is 2. The molecule has 2 rings (SSSR count). The number of benzene rings is 2. The monoisotopic (exact) mass is 455 g/mol. The maximum atomic E-state index is 6.26. The van der Waals surface area contributed by atoms with E-state index in [0.717, 1.165) is 12.2 Å². The number of hydrogen-bond donors (Lipinski definition) is 0. The van der Waals surface area contributed by atoms with Gasteiger partial charge >= 0.3 is 0 Å². The van der Waals surface area contributed by atoms with E-state index in [4.69, 9.17) is 14.5 Å². The minimum atomic E-state index is -0.0937. The predicted molar refractivity (Wildman–Crippen MR) is 142 cm³/mol. The van der Waals surface area contributed by atoms with Gasteiger partial charge in [0.05, 0.1) is 5.54 Å². The zero-order chi connectivity index (χ0) is 24.2. The molecule has 2 aromatic rings.